The Balaban J connectivity index is 0.00000264. The fraction of sp³-hybridized carbons (Fsp3) is 0.278. The molecule has 2 aromatic carbocycles. The Bertz CT molecular complexity index is 619. The Morgan fingerprint density at radius 2 is 1.70 bits per heavy atom. The third kappa shape index (κ3) is 5.27. The van der Waals surface area contributed by atoms with E-state index >= 15 is 0 Å². The molecule has 3 N–H and O–H groups in total. The SMILES string of the molecule is CC(CN)C(=O)NC(C)c1ccccc1Oc1ccccc1.Cl. The van der Waals surface area contributed by atoms with Gasteiger partial charge in [0.05, 0.1) is 6.04 Å². The number of carbonyl (C=O) groups is 1. The summed E-state index contributed by atoms with van der Waals surface area (Å²) in [5, 5.41) is 2.97. The summed E-state index contributed by atoms with van der Waals surface area (Å²) in [6.45, 7) is 4.09. The van der Waals surface area contributed by atoms with E-state index < -0.39 is 0 Å². The number of halogens is 1. The van der Waals surface area contributed by atoms with Gasteiger partial charge in [0, 0.05) is 18.0 Å². The van der Waals surface area contributed by atoms with Gasteiger partial charge in [-0.1, -0.05) is 43.3 Å². The van der Waals surface area contributed by atoms with Crippen molar-refractivity contribution >= 4 is 18.3 Å². The van der Waals surface area contributed by atoms with Crippen LogP contribution in [0.15, 0.2) is 54.6 Å². The number of hydrogen-bond acceptors (Lipinski definition) is 3. The molecule has 0 spiro atoms. The molecule has 23 heavy (non-hydrogen) atoms. The largest absolute Gasteiger partial charge is 0.457 e. The van der Waals surface area contributed by atoms with Crippen LogP contribution < -0.4 is 15.8 Å². The molecule has 2 aromatic rings. The predicted molar refractivity (Wildman–Crippen MR) is 95.0 cm³/mol. The van der Waals surface area contributed by atoms with Crippen LogP contribution in [0.5, 0.6) is 11.5 Å². The van der Waals surface area contributed by atoms with Gasteiger partial charge in [-0.25, -0.2) is 0 Å². The van der Waals surface area contributed by atoms with Gasteiger partial charge >= 0.3 is 0 Å². The minimum Gasteiger partial charge on any atom is -0.457 e. The molecule has 2 atom stereocenters. The molecule has 0 saturated heterocycles. The number of amides is 1. The molecule has 0 aromatic heterocycles. The van der Waals surface area contributed by atoms with E-state index in [2.05, 4.69) is 5.32 Å². The second kappa shape index (κ2) is 9.18. The third-order valence-corrected chi connectivity index (χ3v) is 3.52. The monoisotopic (exact) mass is 334 g/mol. The van der Waals surface area contributed by atoms with E-state index in [4.69, 9.17) is 10.5 Å². The van der Waals surface area contributed by atoms with Crippen molar-refractivity contribution in [3.63, 3.8) is 0 Å². The zero-order valence-corrected chi connectivity index (χ0v) is 14.2. The number of nitrogens with one attached hydrogen (secondary N) is 1. The number of para-hydroxylation sites is 2. The molecule has 124 valence electrons. The average molecular weight is 335 g/mol. The van der Waals surface area contributed by atoms with E-state index in [0.29, 0.717) is 6.54 Å². The third-order valence-electron chi connectivity index (χ3n) is 3.52. The van der Waals surface area contributed by atoms with Crippen LogP contribution in [0.3, 0.4) is 0 Å². The molecule has 2 rings (SSSR count). The van der Waals surface area contributed by atoms with E-state index in [-0.39, 0.29) is 30.3 Å². The highest BCUT2D eigenvalue weighted by molar-refractivity contribution is 5.85. The van der Waals surface area contributed by atoms with Gasteiger partial charge in [-0.15, -0.1) is 12.4 Å². The highest BCUT2D eigenvalue weighted by Gasteiger charge is 2.17. The summed E-state index contributed by atoms with van der Waals surface area (Å²) in [5.41, 5.74) is 6.47. The highest BCUT2D eigenvalue weighted by atomic mass is 35.5. The van der Waals surface area contributed by atoms with Crippen molar-refractivity contribution in [2.75, 3.05) is 6.54 Å². The number of carbonyl (C=O) groups excluding carboxylic acids is 1. The van der Waals surface area contributed by atoms with Gasteiger partial charge in [-0.05, 0) is 25.1 Å². The molecule has 0 aliphatic rings. The van der Waals surface area contributed by atoms with Crippen LogP contribution in [0.4, 0.5) is 0 Å². The molecular formula is C18H23ClN2O2. The second-order valence-corrected chi connectivity index (χ2v) is 5.32. The molecular weight excluding hydrogens is 312 g/mol. The number of rotatable bonds is 6. The maximum absolute atomic E-state index is 12.0. The van der Waals surface area contributed by atoms with E-state index in [0.717, 1.165) is 17.1 Å². The summed E-state index contributed by atoms with van der Waals surface area (Å²) in [5.74, 6) is 1.25. The van der Waals surface area contributed by atoms with Crippen LogP contribution in [0.1, 0.15) is 25.5 Å². The lowest BCUT2D eigenvalue weighted by atomic mass is 10.1. The van der Waals surface area contributed by atoms with Gasteiger partial charge in [-0.2, -0.15) is 0 Å². The smallest absolute Gasteiger partial charge is 0.224 e. The molecule has 0 aliphatic heterocycles. The first-order chi connectivity index (χ1) is 10.6. The van der Waals surface area contributed by atoms with Gasteiger partial charge in [-0.3, -0.25) is 4.79 Å². The Labute approximate surface area is 143 Å². The molecule has 1 amide bonds. The Hall–Kier alpha value is -2.04. The maximum Gasteiger partial charge on any atom is 0.224 e. The number of benzene rings is 2. The van der Waals surface area contributed by atoms with Crippen molar-refractivity contribution in [1.29, 1.82) is 0 Å². The quantitative estimate of drug-likeness (QED) is 0.847. The zero-order valence-electron chi connectivity index (χ0n) is 13.4. The second-order valence-electron chi connectivity index (χ2n) is 5.32. The lowest BCUT2D eigenvalue weighted by Gasteiger charge is -2.20. The van der Waals surface area contributed by atoms with Crippen LogP contribution in [-0.2, 0) is 4.79 Å². The van der Waals surface area contributed by atoms with Crippen molar-refractivity contribution in [1.82, 2.24) is 5.32 Å². The van der Waals surface area contributed by atoms with Gasteiger partial charge in [0.25, 0.3) is 0 Å². The lowest BCUT2D eigenvalue weighted by molar-refractivity contribution is -0.124. The van der Waals surface area contributed by atoms with Gasteiger partial charge < -0.3 is 15.8 Å². The molecule has 0 heterocycles. The summed E-state index contributed by atoms with van der Waals surface area (Å²) in [4.78, 5) is 12.0. The predicted octanol–water partition coefficient (Wildman–Crippen LogP) is 3.67. The summed E-state index contributed by atoms with van der Waals surface area (Å²) >= 11 is 0. The normalized spacial score (nSPS) is 12.7. The molecule has 5 heteroatoms. The van der Waals surface area contributed by atoms with Crippen LogP contribution in [-0.4, -0.2) is 12.5 Å². The van der Waals surface area contributed by atoms with E-state index in [1.807, 2.05) is 68.4 Å². The highest BCUT2D eigenvalue weighted by Crippen LogP contribution is 2.29. The summed E-state index contributed by atoms with van der Waals surface area (Å²) in [6.07, 6.45) is 0. The van der Waals surface area contributed by atoms with Crippen molar-refractivity contribution in [2.24, 2.45) is 11.7 Å². The average Bonchev–Trinajstić information content (AvgIpc) is 2.55. The first kappa shape index (κ1) is 19.0. The van der Waals surface area contributed by atoms with Crippen molar-refractivity contribution in [3.05, 3.63) is 60.2 Å². The minimum absolute atomic E-state index is 0. The molecule has 0 aliphatic carbocycles. The zero-order chi connectivity index (χ0) is 15.9. The maximum atomic E-state index is 12.0. The van der Waals surface area contributed by atoms with E-state index in [1.54, 1.807) is 0 Å². The number of nitrogens with two attached hydrogens (primary N) is 1. The molecule has 0 saturated carbocycles. The molecule has 0 bridgehead atoms. The summed E-state index contributed by atoms with van der Waals surface area (Å²) in [7, 11) is 0. The number of hydrogen-bond donors (Lipinski definition) is 2. The Morgan fingerprint density at radius 1 is 1.09 bits per heavy atom. The van der Waals surface area contributed by atoms with Crippen molar-refractivity contribution in [2.45, 2.75) is 19.9 Å². The first-order valence-electron chi connectivity index (χ1n) is 7.44. The van der Waals surface area contributed by atoms with Crippen LogP contribution in [0, 0.1) is 5.92 Å². The standard InChI is InChI=1S/C18H22N2O2.ClH/c1-13(12-19)18(21)20-14(2)16-10-6-7-11-17(16)22-15-8-4-3-5-9-15;/h3-11,13-14H,12,19H2,1-2H3,(H,20,21);1H. The summed E-state index contributed by atoms with van der Waals surface area (Å²) < 4.78 is 5.92. The topological polar surface area (TPSA) is 64.4 Å². The van der Waals surface area contributed by atoms with Crippen molar-refractivity contribution in [3.8, 4) is 11.5 Å². The lowest BCUT2D eigenvalue weighted by Crippen LogP contribution is -2.35. The molecule has 0 fully saturated rings. The number of ether oxygens (including phenoxy) is 1. The Morgan fingerprint density at radius 3 is 2.35 bits per heavy atom. The van der Waals surface area contributed by atoms with Gasteiger partial charge in [0.2, 0.25) is 5.91 Å². The molecule has 2 unspecified atom stereocenters. The van der Waals surface area contributed by atoms with Crippen LogP contribution in [0.2, 0.25) is 0 Å². The van der Waals surface area contributed by atoms with Crippen LogP contribution in [0.25, 0.3) is 0 Å². The fourth-order valence-corrected chi connectivity index (χ4v) is 2.09. The first-order valence-corrected chi connectivity index (χ1v) is 7.44. The molecule has 0 radical (unpaired) electrons. The van der Waals surface area contributed by atoms with Crippen molar-refractivity contribution < 1.29 is 9.53 Å². The molecule has 4 nitrogen and oxygen atoms in total. The van der Waals surface area contributed by atoms with Crippen LogP contribution >= 0.6 is 12.4 Å². The van der Waals surface area contributed by atoms with E-state index in [1.165, 1.54) is 0 Å². The van der Waals surface area contributed by atoms with Gasteiger partial charge in [0.1, 0.15) is 11.5 Å². The minimum atomic E-state index is -0.204. The fourth-order valence-electron chi connectivity index (χ4n) is 2.09. The van der Waals surface area contributed by atoms with Gasteiger partial charge in [0.15, 0.2) is 0 Å². The Kier molecular flexibility index (Phi) is 7.59. The van der Waals surface area contributed by atoms with E-state index in [9.17, 15) is 4.79 Å². The summed E-state index contributed by atoms with van der Waals surface area (Å²) in [6, 6.07) is 17.1.